The van der Waals surface area contributed by atoms with Gasteiger partial charge in [-0.15, -0.1) is 24.0 Å². The molecule has 6 nitrogen and oxygen atoms in total. The average molecular weight is 509 g/mol. The number of aliphatic imine (C=N–C) groups is 1. The second-order valence-electron chi connectivity index (χ2n) is 7.11. The molecule has 29 heavy (non-hydrogen) atoms. The van der Waals surface area contributed by atoms with Crippen LogP contribution in [-0.4, -0.2) is 61.1 Å². The first kappa shape index (κ1) is 23.4. The molecule has 7 heteroatoms. The normalized spacial score (nSPS) is 16.7. The molecule has 3 N–H and O–H groups in total. The second kappa shape index (κ2) is 12.0. The first-order chi connectivity index (χ1) is 13.6. The van der Waals surface area contributed by atoms with Crippen LogP contribution < -0.4 is 15.8 Å². The molecule has 0 amide bonds. The highest BCUT2D eigenvalue weighted by atomic mass is 127. The predicted molar refractivity (Wildman–Crippen MR) is 132 cm³/mol. The summed E-state index contributed by atoms with van der Waals surface area (Å²) in [5, 5.41) is 3.16. The molecule has 1 aliphatic heterocycles. The van der Waals surface area contributed by atoms with E-state index in [-0.39, 0.29) is 24.0 Å². The summed E-state index contributed by atoms with van der Waals surface area (Å²) in [7, 11) is 0. The summed E-state index contributed by atoms with van der Waals surface area (Å²) in [4.78, 5) is 9.50. The van der Waals surface area contributed by atoms with Crippen molar-refractivity contribution in [2.75, 3.05) is 44.6 Å². The summed E-state index contributed by atoms with van der Waals surface area (Å²) in [6.07, 6.45) is 0. The van der Waals surface area contributed by atoms with E-state index in [9.17, 15) is 0 Å². The van der Waals surface area contributed by atoms with E-state index in [1.54, 1.807) is 0 Å². The lowest BCUT2D eigenvalue weighted by molar-refractivity contribution is 0.109. The van der Waals surface area contributed by atoms with E-state index in [4.69, 9.17) is 10.5 Å². The number of anilines is 1. The second-order valence-corrected chi connectivity index (χ2v) is 7.11. The molecular weight excluding hydrogens is 477 g/mol. The van der Waals surface area contributed by atoms with Crippen LogP contribution in [0.2, 0.25) is 0 Å². The Hall–Kier alpha value is -1.84. The van der Waals surface area contributed by atoms with Crippen LogP contribution in [0.25, 0.3) is 0 Å². The first-order valence-electron chi connectivity index (χ1n) is 10.0. The standard InChI is InChI=1S/C22H31N5O.HI/c1-3-26-12-14-27(15-13-26)18(2)17-24-22(23)25-19-8-7-11-21(16-19)28-20-9-5-4-6-10-20;/h4-11,16,18H,3,12-15,17H2,1-2H3,(H3,23,24,25);1H. The molecule has 1 fully saturated rings. The molecule has 1 atom stereocenters. The third-order valence-corrected chi connectivity index (χ3v) is 5.09. The van der Waals surface area contributed by atoms with Crippen LogP contribution in [0.3, 0.4) is 0 Å². The van der Waals surface area contributed by atoms with Gasteiger partial charge in [0.05, 0.1) is 6.54 Å². The fourth-order valence-electron chi connectivity index (χ4n) is 3.32. The lowest BCUT2D eigenvalue weighted by Gasteiger charge is -2.37. The van der Waals surface area contributed by atoms with Gasteiger partial charge < -0.3 is 20.7 Å². The zero-order valence-corrected chi connectivity index (χ0v) is 19.6. The molecule has 1 heterocycles. The number of nitrogens with zero attached hydrogens (tertiary/aromatic N) is 3. The third kappa shape index (κ3) is 7.49. The van der Waals surface area contributed by atoms with Gasteiger partial charge in [0.15, 0.2) is 5.96 Å². The van der Waals surface area contributed by atoms with Gasteiger partial charge in [0.1, 0.15) is 11.5 Å². The van der Waals surface area contributed by atoms with Crippen LogP contribution in [0, 0.1) is 0 Å². The zero-order chi connectivity index (χ0) is 19.8. The smallest absolute Gasteiger partial charge is 0.193 e. The van der Waals surface area contributed by atoms with Crippen molar-refractivity contribution in [2.45, 2.75) is 19.9 Å². The Kier molecular flexibility index (Phi) is 9.69. The zero-order valence-electron chi connectivity index (χ0n) is 17.3. The maximum atomic E-state index is 6.10. The monoisotopic (exact) mass is 509 g/mol. The molecule has 3 rings (SSSR count). The number of nitrogens with two attached hydrogens (primary N) is 1. The van der Waals surface area contributed by atoms with Gasteiger partial charge in [-0.1, -0.05) is 31.2 Å². The van der Waals surface area contributed by atoms with Crippen molar-refractivity contribution in [3.8, 4) is 11.5 Å². The van der Waals surface area contributed by atoms with Crippen molar-refractivity contribution in [3.05, 3.63) is 54.6 Å². The van der Waals surface area contributed by atoms with Crippen LogP contribution in [0.4, 0.5) is 5.69 Å². The highest BCUT2D eigenvalue weighted by Crippen LogP contribution is 2.23. The van der Waals surface area contributed by atoms with Gasteiger partial charge in [0.2, 0.25) is 0 Å². The van der Waals surface area contributed by atoms with Gasteiger partial charge in [0, 0.05) is 44.0 Å². The van der Waals surface area contributed by atoms with Crippen molar-refractivity contribution in [3.63, 3.8) is 0 Å². The SMILES string of the molecule is CCN1CCN(C(C)CN=C(N)Nc2cccc(Oc3ccccc3)c2)CC1.I. The Morgan fingerprint density at radius 1 is 1.07 bits per heavy atom. The molecule has 0 spiro atoms. The van der Waals surface area contributed by atoms with E-state index >= 15 is 0 Å². The van der Waals surface area contributed by atoms with Crippen molar-refractivity contribution in [1.29, 1.82) is 0 Å². The number of piperazine rings is 1. The predicted octanol–water partition coefficient (Wildman–Crippen LogP) is 3.85. The Bertz CT molecular complexity index is 763. The fraction of sp³-hybridized carbons (Fsp3) is 0.409. The first-order valence-corrected chi connectivity index (χ1v) is 10.0. The van der Waals surface area contributed by atoms with E-state index in [0.717, 1.165) is 49.9 Å². The maximum Gasteiger partial charge on any atom is 0.193 e. The van der Waals surface area contributed by atoms with Gasteiger partial charge in [0.25, 0.3) is 0 Å². The molecule has 0 bridgehead atoms. The Balaban J connectivity index is 0.00000300. The van der Waals surface area contributed by atoms with Crippen molar-refractivity contribution in [1.82, 2.24) is 9.80 Å². The van der Waals surface area contributed by atoms with E-state index in [0.29, 0.717) is 18.5 Å². The number of likely N-dealkylation sites (N-methyl/N-ethyl adjacent to an activating group) is 1. The summed E-state index contributed by atoms with van der Waals surface area (Å²) in [6.45, 7) is 10.7. The van der Waals surface area contributed by atoms with E-state index in [2.05, 4.69) is 34.0 Å². The number of hydrogen-bond donors (Lipinski definition) is 2. The van der Waals surface area contributed by atoms with Gasteiger partial charge in [-0.2, -0.15) is 0 Å². The van der Waals surface area contributed by atoms with Crippen LogP contribution in [0.5, 0.6) is 11.5 Å². The highest BCUT2D eigenvalue weighted by molar-refractivity contribution is 14.0. The molecule has 1 unspecified atom stereocenters. The highest BCUT2D eigenvalue weighted by Gasteiger charge is 2.19. The topological polar surface area (TPSA) is 66.1 Å². The van der Waals surface area contributed by atoms with Crippen LogP contribution in [0.1, 0.15) is 13.8 Å². The Morgan fingerprint density at radius 3 is 2.45 bits per heavy atom. The molecular formula is C22H32IN5O. The largest absolute Gasteiger partial charge is 0.457 e. The molecule has 2 aromatic carbocycles. The van der Waals surface area contributed by atoms with E-state index < -0.39 is 0 Å². The molecule has 1 aliphatic rings. The quantitative estimate of drug-likeness (QED) is 0.337. The molecule has 0 aromatic heterocycles. The number of ether oxygens (including phenoxy) is 1. The number of guanidine groups is 1. The van der Waals surface area contributed by atoms with Crippen molar-refractivity contribution < 1.29 is 4.74 Å². The Morgan fingerprint density at radius 2 is 1.76 bits per heavy atom. The molecule has 2 aromatic rings. The Labute approximate surface area is 191 Å². The number of halogens is 1. The molecule has 0 radical (unpaired) electrons. The molecule has 0 aliphatic carbocycles. The van der Waals surface area contributed by atoms with Gasteiger partial charge in [-0.05, 0) is 37.7 Å². The van der Waals surface area contributed by atoms with Crippen LogP contribution in [0.15, 0.2) is 59.6 Å². The minimum Gasteiger partial charge on any atom is -0.457 e. The summed E-state index contributed by atoms with van der Waals surface area (Å²) >= 11 is 0. The summed E-state index contributed by atoms with van der Waals surface area (Å²) in [5.41, 5.74) is 6.96. The summed E-state index contributed by atoms with van der Waals surface area (Å²) in [6, 6.07) is 17.8. The lowest BCUT2D eigenvalue weighted by Crippen LogP contribution is -2.50. The van der Waals surface area contributed by atoms with Crippen LogP contribution in [-0.2, 0) is 0 Å². The fourth-order valence-corrected chi connectivity index (χ4v) is 3.32. The number of hydrogen-bond acceptors (Lipinski definition) is 4. The van der Waals surface area contributed by atoms with Gasteiger partial charge >= 0.3 is 0 Å². The average Bonchev–Trinajstić information content (AvgIpc) is 2.73. The van der Waals surface area contributed by atoms with E-state index in [1.807, 2.05) is 54.6 Å². The minimum atomic E-state index is 0. The summed E-state index contributed by atoms with van der Waals surface area (Å²) < 4.78 is 5.86. The van der Waals surface area contributed by atoms with Gasteiger partial charge in [-0.25, -0.2) is 0 Å². The number of nitrogens with one attached hydrogen (secondary N) is 1. The third-order valence-electron chi connectivity index (χ3n) is 5.09. The molecule has 158 valence electrons. The van der Waals surface area contributed by atoms with E-state index in [1.165, 1.54) is 0 Å². The minimum absolute atomic E-state index is 0. The van der Waals surface area contributed by atoms with Crippen LogP contribution >= 0.6 is 24.0 Å². The maximum absolute atomic E-state index is 6.10. The number of para-hydroxylation sites is 1. The molecule has 1 saturated heterocycles. The van der Waals surface area contributed by atoms with Crippen molar-refractivity contribution in [2.24, 2.45) is 10.7 Å². The number of benzene rings is 2. The molecule has 0 saturated carbocycles. The number of rotatable bonds is 7. The van der Waals surface area contributed by atoms with Crippen molar-refractivity contribution >= 4 is 35.6 Å². The van der Waals surface area contributed by atoms with Gasteiger partial charge in [-0.3, -0.25) is 9.89 Å². The summed E-state index contributed by atoms with van der Waals surface area (Å²) in [5.74, 6) is 1.99. The lowest BCUT2D eigenvalue weighted by atomic mass is 10.2.